The molecule has 2 rings (SSSR count). The van der Waals surface area contributed by atoms with Gasteiger partial charge in [0.1, 0.15) is 17.7 Å². The molecule has 0 aliphatic carbocycles. The summed E-state index contributed by atoms with van der Waals surface area (Å²) in [7, 11) is 0. The number of halogens is 1. The first-order valence-corrected chi connectivity index (χ1v) is 6.58. The van der Waals surface area contributed by atoms with E-state index in [-0.39, 0.29) is 11.1 Å². The molecule has 2 aromatic rings. The van der Waals surface area contributed by atoms with Crippen molar-refractivity contribution in [3.63, 3.8) is 0 Å². The first kappa shape index (κ1) is 14.1. The standard InChI is InChI=1S/C14H7ClN2O2S/c15-9-1-3-10(4-2-9)20-14-8(6-16)5-12(18)13(19)11(14)7-17/h1-5,18-19H. The predicted molar refractivity (Wildman–Crippen MR) is 74.8 cm³/mol. The summed E-state index contributed by atoms with van der Waals surface area (Å²) in [6, 6.07) is 11.7. The van der Waals surface area contributed by atoms with Crippen LogP contribution in [-0.4, -0.2) is 10.2 Å². The summed E-state index contributed by atoms with van der Waals surface area (Å²) in [4.78, 5) is 1.06. The molecular formula is C14H7ClN2O2S. The third-order valence-electron chi connectivity index (χ3n) is 2.50. The summed E-state index contributed by atoms with van der Waals surface area (Å²) < 4.78 is 0. The Morgan fingerprint density at radius 3 is 2.25 bits per heavy atom. The van der Waals surface area contributed by atoms with Crippen molar-refractivity contribution in [1.29, 1.82) is 10.5 Å². The van der Waals surface area contributed by atoms with Gasteiger partial charge in [-0.3, -0.25) is 0 Å². The number of aromatic hydroxyl groups is 2. The molecular weight excluding hydrogens is 296 g/mol. The van der Waals surface area contributed by atoms with Crippen LogP contribution in [0.5, 0.6) is 11.5 Å². The van der Waals surface area contributed by atoms with Crippen molar-refractivity contribution in [2.75, 3.05) is 0 Å². The quantitative estimate of drug-likeness (QED) is 0.827. The fraction of sp³-hybridized carbons (Fsp3) is 0. The monoisotopic (exact) mass is 302 g/mol. The third-order valence-corrected chi connectivity index (χ3v) is 3.89. The maximum absolute atomic E-state index is 9.70. The minimum absolute atomic E-state index is 0.122. The summed E-state index contributed by atoms with van der Waals surface area (Å²) in [6.07, 6.45) is 0. The molecule has 0 heterocycles. The van der Waals surface area contributed by atoms with Gasteiger partial charge in [-0.2, -0.15) is 10.5 Å². The second-order valence-corrected chi connectivity index (χ2v) is 5.30. The Bertz CT molecular complexity index is 746. The van der Waals surface area contributed by atoms with Crippen LogP contribution in [0.2, 0.25) is 5.02 Å². The van der Waals surface area contributed by atoms with Crippen molar-refractivity contribution in [3.05, 3.63) is 46.5 Å². The maximum atomic E-state index is 9.70. The zero-order valence-corrected chi connectivity index (χ0v) is 11.5. The maximum Gasteiger partial charge on any atom is 0.176 e. The number of hydrogen-bond acceptors (Lipinski definition) is 5. The average Bonchev–Trinajstić information content (AvgIpc) is 2.45. The highest BCUT2D eigenvalue weighted by atomic mass is 35.5. The van der Waals surface area contributed by atoms with Gasteiger partial charge in [0.05, 0.1) is 10.5 Å². The Hall–Kier alpha value is -2.34. The third kappa shape index (κ3) is 2.65. The minimum atomic E-state index is -0.525. The lowest BCUT2D eigenvalue weighted by Crippen LogP contribution is -1.89. The lowest BCUT2D eigenvalue weighted by Gasteiger charge is -2.09. The van der Waals surface area contributed by atoms with E-state index in [0.717, 1.165) is 22.7 Å². The molecule has 0 atom stereocenters. The van der Waals surface area contributed by atoms with E-state index in [1.165, 1.54) is 0 Å². The molecule has 0 bridgehead atoms. The molecule has 2 N–H and O–H groups in total. The first-order chi connectivity index (χ1) is 9.56. The summed E-state index contributed by atoms with van der Waals surface area (Å²) in [6.45, 7) is 0. The highest BCUT2D eigenvalue weighted by Gasteiger charge is 2.18. The molecule has 20 heavy (non-hydrogen) atoms. The van der Waals surface area contributed by atoms with Crippen LogP contribution < -0.4 is 0 Å². The molecule has 0 saturated heterocycles. The van der Waals surface area contributed by atoms with Gasteiger partial charge in [0, 0.05) is 16.0 Å². The minimum Gasteiger partial charge on any atom is -0.504 e. The topological polar surface area (TPSA) is 88.0 Å². The number of rotatable bonds is 2. The van der Waals surface area contributed by atoms with Crippen LogP contribution in [-0.2, 0) is 0 Å². The molecule has 0 fully saturated rings. The Morgan fingerprint density at radius 1 is 1.05 bits per heavy atom. The number of phenols is 2. The van der Waals surface area contributed by atoms with E-state index in [2.05, 4.69) is 0 Å². The van der Waals surface area contributed by atoms with Crippen molar-refractivity contribution in [2.45, 2.75) is 9.79 Å². The molecule has 0 amide bonds. The van der Waals surface area contributed by atoms with Gasteiger partial charge >= 0.3 is 0 Å². The summed E-state index contributed by atoms with van der Waals surface area (Å²) in [5.41, 5.74) is -0.00157. The van der Waals surface area contributed by atoms with Gasteiger partial charge < -0.3 is 10.2 Å². The zero-order valence-electron chi connectivity index (χ0n) is 9.96. The number of phenolic OH excluding ortho intramolecular Hbond substituents is 2. The second-order valence-electron chi connectivity index (χ2n) is 3.78. The molecule has 0 unspecified atom stereocenters. The molecule has 2 aromatic carbocycles. The van der Waals surface area contributed by atoms with Crippen LogP contribution in [0.3, 0.4) is 0 Å². The SMILES string of the molecule is N#Cc1cc(O)c(O)c(C#N)c1Sc1ccc(Cl)cc1. The van der Waals surface area contributed by atoms with Crippen LogP contribution in [0, 0.1) is 22.7 Å². The van der Waals surface area contributed by atoms with Crippen molar-refractivity contribution >= 4 is 23.4 Å². The van der Waals surface area contributed by atoms with Crippen LogP contribution in [0.1, 0.15) is 11.1 Å². The van der Waals surface area contributed by atoms with Crippen LogP contribution in [0.15, 0.2) is 40.1 Å². The highest BCUT2D eigenvalue weighted by molar-refractivity contribution is 7.99. The number of hydrogen-bond donors (Lipinski definition) is 2. The van der Waals surface area contributed by atoms with Crippen molar-refractivity contribution in [2.24, 2.45) is 0 Å². The average molecular weight is 303 g/mol. The van der Waals surface area contributed by atoms with Crippen molar-refractivity contribution < 1.29 is 10.2 Å². The summed E-state index contributed by atoms with van der Waals surface area (Å²) in [5, 5.41) is 38.0. The largest absolute Gasteiger partial charge is 0.504 e. The van der Waals surface area contributed by atoms with Gasteiger partial charge in [-0.1, -0.05) is 23.4 Å². The van der Waals surface area contributed by atoms with Gasteiger partial charge in [-0.15, -0.1) is 0 Å². The first-order valence-electron chi connectivity index (χ1n) is 5.39. The Kier molecular flexibility index (Phi) is 4.05. The lowest BCUT2D eigenvalue weighted by atomic mass is 10.1. The fourth-order valence-electron chi connectivity index (χ4n) is 1.55. The van der Waals surface area contributed by atoms with Crippen LogP contribution in [0.25, 0.3) is 0 Å². The van der Waals surface area contributed by atoms with E-state index >= 15 is 0 Å². The van der Waals surface area contributed by atoms with E-state index < -0.39 is 11.5 Å². The van der Waals surface area contributed by atoms with E-state index in [4.69, 9.17) is 22.1 Å². The molecule has 98 valence electrons. The van der Waals surface area contributed by atoms with E-state index in [1.807, 2.05) is 6.07 Å². The normalized spacial score (nSPS) is 9.75. The number of nitrogens with zero attached hydrogens (tertiary/aromatic N) is 2. The lowest BCUT2D eigenvalue weighted by molar-refractivity contribution is 0.401. The smallest absolute Gasteiger partial charge is 0.176 e. The van der Waals surface area contributed by atoms with E-state index in [0.29, 0.717) is 9.92 Å². The Balaban J connectivity index is 2.56. The van der Waals surface area contributed by atoms with Gasteiger partial charge in [0.25, 0.3) is 0 Å². The summed E-state index contributed by atoms with van der Waals surface area (Å²) in [5.74, 6) is -1.01. The van der Waals surface area contributed by atoms with E-state index in [1.54, 1.807) is 30.3 Å². The molecule has 0 aliphatic heterocycles. The zero-order chi connectivity index (χ0) is 14.7. The number of benzene rings is 2. The highest BCUT2D eigenvalue weighted by Crippen LogP contribution is 2.41. The second kappa shape index (κ2) is 5.75. The Morgan fingerprint density at radius 2 is 1.70 bits per heavy atom. The van der Waals surface area contributed by atoms with Gasteiger partial charge in [-0.05, 0) is 24.3 Å². The molecule has 0 spiro atoms. The molecule has 4 nitrogen and oxygen atoms in total. The molecule has 0 aromatic heterocycles. The molecule has 0 radical (unpaired) electrons. The Labute approximate surface area is 124 Å². The fourth-order valence-corrected chi connectivity index (χ4v) is 2.65. The van der Waals surface area contributed by atoms with E-state index in [9.17, 15) is 10.2 Å². The number of nitriles is 2. The van der Waals surface area contributed by atoms with Gasteiger partial charge in [0.15, 0.2) is 11.5 Å². The van der Waals surface area contributed by atoms with Crippen molar-refractivity contribution in [1.82, 2.24) is 0 Å². The predicted octanol–water partition coefficient (Wildman–Crippen LogP) is 3.65. The van der Waals surface area contributed by atoms with Gasteiger partial charge in [0.2, 0.25) is 0 Å². The molecule has 0 saturated carbocycles. The summed E-state index contributed by atoms with van der Waals surface area (Å²) >= 11 is 6.94. The molecule has 0 aliphatic rings. The molecule has 6 heteroatoms. The van der Waals surface area contributed by atoms with Crippen LogP contribution >= 0.6 is 23.4 Å². The van der Waals surface area contributed by atoms with Gasteiger partial charge in [-0.25, -0.2) is 0 Å². The van der Waals surface area contributed by atoms with Crippen LogP contribution in [0.4, 0.5) is 0 Å². The van der Waals surface area contributed by atoms with Crippen molar-refractivity contribution in [3.8, 4) is 23.6 Å².